The van der Waals surface area contributed by atoms with Gasteiger partial charge in [-0.1, -0.05) is 18.2 Å². The summed E-state index contributed by atoms with van der Waals surface area (Å²) in [5.41, 5.74) is 1.30. The molecule has 2 fully saturated rings. The van der Waals surface area contributed by atoms with E-state index in [1.165, 1.54) is 5.56 Å². The van der Waals surface area contributed by atoms with Crippen LogP contribution in [-0.4, -0.2) is 74.2 Å². The van der Waals surface area contributed by atoms with Crippen LogP contribution in [0.3, 0.4) is 0 Å². The minimum absolute atomic E-state index is 0.369. The first-order chi connectivity index (χ1) is 11.3. The van der Waals surface area contributed by atoms with Gasteiger partial charge in [0.1, 0.15) is 12.0 Å². The molecule has 1 aromatic rings. The summed E-state index contributed by atoms with van der Waals surface area (Å²) in [6.45, 7) is 6.01. The number of ether oxygens (including phenoxy) is 2. The number of benzene rings is 1. The van der Waals surface area contributed by atoms with E-state index in [0.717, 1.165) is 64.5 Å². The van der Waals surface area contributed by atoms with Crippen LogP contribution in [0, 0.1) is 0 Å². The molecule has 1 aromatic carbocycles. The largest absolute Gasteiger partial charge is 0.496 e. The molecule has 23 heavy (non-hydrogen) atoms. The summed E-state index contributed by atoms with van der Waals surface area (Å²) < 4.78 is 10.9. The molecule has 2 aliphatic rings. The maximum atomic E-state index is 10.5. The third-order valence-corrected chi connectivity index (χ3v) is 5.06. The molecule has 1 unspecified atom stereocenters. The Morgan fingerprint density at radius 1 is 1.17 bits per heavy atom. The average Bonchev–Trinajstić information content (AvgIpc) is 2.62. The standard InChI is InChI=1S/C18H28N2O3/c1-22-17-5-3-2-4-16(17)15-6-8-20(9-7-15)18(21)14-19-10-12-23-13-11-19/h2-5,15,18,21H,6-14H2,1H3. The Morgan fingerprint density at radius 2 is 1.87 bits per heavy atom. The molecule has 5 nitrogen and oxygen atoms in total. The van der Waals surface area contributed by atoms with Crippen LogP contribution in [0.1, 0.15) is 24.3 Å². The topological polar surface area (TPSA) is 45.2 Å². The number of morpholine rings is 1. The van der Waals surface area contributed by atoms with Crippen LogP contribution < -0.4 is 4.74 Å². The third kappa shape index (κ3) is 4.23. The number of nitrogens with zero attached hydrogens (tertiary/aromatic N) is 2. The first-order valence-corrected chi connectivity index (χ1v) is 8.63. The first-order valence-electron chi connectivity index (χ1n) is 8.63. The van der Waals surface area contributed by atoms with Crippen LogP contribution in [0.15, 0.2) is 24.3 Å². The smallest absolute Gasteiger partial charge is 0.122 e. The summed E-state index contributed by atoms with van der Waals surface area (Å²) in [6, 6.07) is 8.30. The predicted octanol–water partition coefficient (Wildman–Crippen LogP) is 1.53. The van der Waals surface area contributed by atoms with Gasteiger partial charge in [0.2, 0.25) is 0 Å². The molecule has 0 amide bonds. The molecule has 0 saturated carbocycles. The maximum Gasteiger partial charge on any atom is 0.122 e. The molecule has 0 aromatic heterocycles. The van der Waals surface area contributed by atoms with Crippen molar-refractivity contribution < 1.29 is 14.6 Å². The highest BCUT2D eigenvalue weighted by molar-refractivity contribution is 5.36. The molecular formula is C18H28N2O3. The van der Waals surface area contributed by atoms with Gasteiger partial charge < -0.3 is 14.6 Å². The van der Waals surface area contributed by atoms with Gasteiger partial charge in [-0.15, -0.1) is 0 Å². The fourth-order valence-corrected chi connectivity index (χ4v) is 3.64. The van der Waals surface area contributed by atoms with Gasteiger partial charge in [0.25, 0.3) is 0 Å². The second-order valence-electron chi connectivity index (χ2n) is 6.45. The summed E-state index contributed by atoms with van der Waals surface area (Å²) in [5, 5.41) is 10.5. The lowest BCUT2D eigenvalue weighted by Gasteiger charge is -2.38. The van der Waals surface area contributed by atoms with Crippen LogP contribution in [0.5, 0.6) is 5.75 Å². The SMILES string of the molecule is COc1ccccc1C1CCN(C(O)CN2CCOCC2)CC1. The molecule has 0 aliphatic carbocycles. The Balaban J connectivity index is 1.51. The van der Waals surface area contributed by atoms with E-state index in [1.54, 1.807) is 7.11 Å². The Labute approximate surface area is 138 Å². The van der Waals surface area contributed by atoms with Crippen molar-refractivity contribution in [2.24, 2.45) is 0 Å². The lowest BCUT2D eigenvalue weighted by molar-refractivity contribution is -0.0522. The molecule has 5 heteroatoms. The van der Waals surface area contributed by atoms with Gasteiger partial charge in [0, 0.05) is 32.7 Å². The number of hydrogen-bond donors (Lipinski definition) is 1. The van der Waals surface area contributed by atoms with Crippen molar-refractivity contribution in [3.8, 4) is 5.75 Å². The number of piperidine rings is 1. The summed E-state index contributed by atoms with van der Waals surface area (Å²) in [6.07, 6.45) is 1.77. The molecule has 0 spiro atoms. The Bertz CT molecular complexity index is 483. The summed E-state index contributed by atoms with van der Waals surface area (Å²) in [5.74, 6) is 1.51. The zero-order valence-corrected chi connectivity index (χ0v) is 14.0. The highest BCUT2D eigenvalue weighted by Crippen LogP contribution is 2.34. The molecular weight excluding hydrogens is 292 g/mol. The highest BCUT2D eigenvalue weighted by Gasteiger charge is 2.27. The Morgan fingerprint density at radius 3 is 2.57 bits per heavy atom. The summed E-state index contributed by atoms with van der Waals surface area (Å²) in [4.78, 5) is 4.50. The molecule has 2 saturated heterocycles. The second-order valence-corrected chi connectivity index (χ2v) is 6.45. The summed E-state index contributed by atoms with van der Waals surface area (Å²) in [7, 11) is 1.74. The van der Waals surface area contributed by atoms with Crippen molar-refractivity contribution in [3.05, 3.63) is 29.8 Å². The monoisotopic (exact) mass is 320 g/mol. The van der Waals surface area contributed by atoms with Crippen molar-refractivity contribution in [2.75, 3.05) is 53.0 Å². The van der Waals surface area contributed by atoms with E-state index < -0.39 is 0 Å². The molecule has 128 valence electrons. The number of rotatable bonds is 5. The van der Waals surface area contributed by atoms with Gasteiger partial charge in [0.15, 0.2) is 0 Å². The minimum Gasteiger partial charge on any atom is -0.496 e. The van der Waals surface area contributed by atoms with E-state index in [0.29, 0.717) is 5.92 Å². The van der Waals surface area contributed by atoms with E-state index in [2.05, 4.69) is 21.9 Å². The zero-order chi connectivity index (χ0) is 16.1. The van der Waals surface area contributed by atoms with Crippen molar-refractivity contribution >= 4 is 0 Å². The van der Waals surface area contributed by atoms with E-state index in [4.69, 9.17) is 9.47 Å². The normalized spacial score (nSPS) is 22.9. The van der Waals surface area contributed by atoms with Gasteiger partial charge in [-0.05, 0) is 30.4 Å². The Kier molecular flexibility index (Phi) is 5.89. The number of methoxy groups -OCH3 is 1. The lowest BCUT2D eigenvalue weighted by Crippen LogP contribution is -2.49. The van der Waals surface area contributed by atoms with Gasteiger partial charge in [0.05, 0.1) is 20.3 Å². The van der Waals surface area contributed by atoms with Crippen molar-refractivity contribution in [1.29, 1.82) is 0 Å². The van der Waals surface area contributed by atoms with Gasteiger partial charge in [-0.3, -0.25) is 9.80 Å². The first kappa shape index (κ1) is 16.7. The van der Waals surface area contributed by atoms with Crippen LogP contribution in [0.25, 0.3) is 0 Å². The predicted molar refractivity (Wildman–Crippen MR) is 89.8 cm³/mol. The molecule has 1 atom stereocenters. The van der Waals surface area contributed by atoms with E-state index >= 15 is 0 Å². The van der Waals surface area contributed by atoms with E-state index in [1.807, 2.05) is 12.1 Å². The van der Waals surface area contributed by atoms with Crippen LogP contribution in [-0.2, 0) is 4.74 Å². The lowest BCUT2D eigenvalue weighted by atomic mass is 9.88. The molecule has 2 aliphatic heterocycles. The van der Waals surface area contributed by atoms with Crippen LogP contribution in [0.4, 0.5) is 0 Å². The van der Waals surface area contributed by atoms with Gasteiger partial charge in [-0.2, -0.15) is 0 Å². The number of hydrogen-bond acceptors (Lipinski definition) is 5. The molecule has 0 bridgehead atoms. The average molecular weight is 320 g/mol. The van der Waals surface area contributed by atoms with Gasteiger partial charge in [-0.25, -0.2) is 0 Å². The van der Waals surface area contributed by atoms with Crippen molar-refractivity contribution in [3.63, 3.8) is 0 Å². The minimum atomic E-state index is -0.369. The molecule has 3 rings (SSSR count). The summed E-state index contributed by atoms with van der Waals surface area (Å²) >= 11 is 0. The molecule has 1 N–H and O–H groups in total. The maximum absolute atomic E-state index is 10.5. The zero-order valence-electron chi connectivity index (χ0n) is 14.0. The number of likely N-dealkylation sites (tertiary alicyclic amines) is 1. The number of β-amino-alcohol motifs (C(OH)–C–C–N with tert-alkyl or cyclic N) is 1. The van der Waals surface area contributed by atoms with E-state index in [-0.39, 0.29) is 6.23 Å². The molecule has 0 radical (unpaired) electrons. The quantitative estimate of drug-likeness (QED) is 0.891. The van der Waals surface area contributed by atoms with Crippen LogP contribution >= 0.6 is 0 Å². The number of aliphatic hydroxyl groups is 1. The molecule has 2 heterocycles. The second kappa shape index (κ2) is 8.11. The third-order valence-electron chi connectivity index (χ3n) is 5.06. The Hall–Kier alpha value is -1.14. The van der Waals surface area contributed by atoms with Crippen molar-refractivity contribution in [1.82, 2.24) is 9.80 Å². The highest BCUT2D eigenvalue weighted by atomic mass is 16.5. The van der Waals surface area contributed by atoms with Crippen LogP contribution in [0.2, 0.25) is 0 Å². The fourth-order valence-electron chi connectivity index (χ4n) is 3.64. The van der Waals surface area contributed by atoms with E-state index in [9.17, 15) is 5.11 Å². The number of para-hydroxylation sites is 1. The van der Waals surface area contributed by atoms with Gasteiger partial charge >= 0.3 is 0 Å². The number of aliphatic hydroxyl groups excluding tert-OH is 1. The van der Waals surface area contributed by atoms with Crippen molar-refractivity contribution in [2.45, 2.75) is 25.0 Å². The fraction of sp³-hybridized carbons (Fsp3) is 0.667.